The third-order valence-corrected chi connectivity index (χ3v) is 7.73. The average Bonchev–Trinajstić information content (AvgIpc) is 2.90. The lowest BCUT2D eigenvalue weighted by molar-refractivity contribution is -0.190. The van der Waals surface area contributed by atoms with Crippen LogP contribution in [0.5, 0.6) is 0 Å². The molecule has 1 aromatic carbocycles. The van der Waals surface area contributed by atoms with Gasteiger partial charge in [-0.2, -0.15) is 0 Å². The Hall–Kier alpha value is -1.45. The third-order valence-electron chi connectivity index (χ3n) is 7.73. The van der Waals surface area contributed by atoms with Gasteiger partial charge in [0.2, 0.25) is 0 Å². The first-order valence-electron chi connectivity index (χ1n) is 8.85. The lowest BCUT2D eigenvalue weighted by atomic mass is 9.38. The summed E-state index contributed by atoms with van der Waals surface area (Å²) < 4.78 is 6.32. The third kappa shape index (κ3) is 1.15. The summed E-state index contributed by atoms with van der Waals surface area (Å²) in [5.41, 5.74) is 4.07. The molecular formula is C20H22N2O. The van der Waals surface area contributed by atoms with Crippen LogP contribution in [0.2, 0.25) is 0 Å². The van der Waals surface area contributed by atoms with Gasteiger partial charge in [-0.25, -0.2) is 0 Å². The van der Waals surface area contributed by atoms with Crippen molar-refractivity contribution < 1.29 is 4.74 Å². The highest BCUT2D eigenvalue weighted by Gasteiger charge is 2.74. The van der Waals surface area contributed by atoms with Gasteiger partial charge in [-0.05, 0) is 37.4 Å². The Morgan fingerprint density at radius 1 is 1.39 bits per heavy atom. The summed E-state index contributed by atoms with van der Waals surface area (Å²) in [5.74, 6) is 1.35. The number of nitrogens with zero attached hydrogens (tertiary/aromatic N) is 2. The molecule has 6 atom stereocenters. The van der Waals surface area contributed by atoms with E-state index in [1.54, 1.807) is 0 Å². The number of rotatable bonds is 1. The van der Waals surface area contributed by atoms with E-state index >= 15 is 0 Å². The largest absolute Gasteiger partial charge is 0.372 e. The van der Waals surface area contributed by atoms with Crippen molar-refractivity contribution in [2.45, 2.75) is 30.4 Å². The number of piperidine rings is 2. The van der Waals surface area contributed by atoms with Crippen LogP contribution in [0.3, 0.4) is 0 Å². The maximum Gasteiger partial charge on any atom is 0.0968 e. The maximum absolute atomic E-state index is 6.32. The molecule has 3 heteroatoms. The van der Waals surface area contributed by atoms with E-state index in [-0.39, 0.29) is 16.9 Å². The van der Waals surface area contributed by atoms with Crippen LogP contribution in [0.15, 0.2) is 41.9 Å². The van der Waals surface area contributed by atoms with Crippen LogP contribution >= 0.6 is 0 Å². The summed E-state index contributed by atoms with van der Waals surface area (Å²) in [6.45, 7) is 6.37. The van der Waals surface area contributed by atoms with Crippen LogP contribution < -0.4 is 0 Å². The summed E-state index contributed by atoms with van der Waals surface area (Å²) in [4.78, 5) is 7.70. The minimum Gasteiger partial charge on any atom is -0.372 e. The molecule has 6 aliphatic rings. The van der Waals surface area contributed by atoms with Crippen molar-refractivity contribution in [3.8, 4) is 0 Å². The summed E-state index contributed by atoms with van der Waals surface area (Å²) >= 11 is 0. The number of hydrogen-bond donors (Lipinski definition) is 0. The highest BCUT2D eigenvalue weighted by molar-refractivity contribution is 6.07. The molecule has 0 amide bonds. The van der Waals surface area contributed by atoms with Crippen LogP contribution in [0.1, 0.15) is 18.4 Å². The lowest BCUT2D eigenvalue weighted by Crippen LogP contribution is -2.78. The molecule has 1 unspecified atom stereocenters. The molecule has 5 fully saturated rings. The summed E-state index contributed by atoms with van der Waals surface area (Å²) in [5, 5.41) is 0. The Bertz CT molecular complexity index is 771. The van der Waals surface area contributed by atoms with Gasteiger partial charge in [0.25, 0.3) is 0 Å². The van der Waals surface area contributed by atoms with Crippen molar-refractivity contribution in [1.29, 1.82) is 0 Å². The quantitative estimate of drug-likeness (QED) is 0.745. The van der Waals surface area contributed by atoms with E-state index in [4.69, 9.17) is 9.73 Å². The maximum atomic E-state index is 6.32. The van der Waals surface area contributed by atoms with Gasteiger partial charge in [0, 0.05) is 23.9 Å². The molecule has 1 spiro atoms. The molecule has 1 aromatic rings. The number of ether oxygens (including phenoxy) is 1. The van der Waals surface area contributed by atoms with Gasteiger partial charge in [-0.3, -0.25) is 4.99 Å². The molecule has 2 aliphatic carbocycles. The fourth-order valence-corrected chi connectivity index (χ4v) is 6.95. The Kier molecular flexibility index (Phi) is 2.12. The minimum atomic E-state index is 0.0347. The van der Waals surface area contributed by atoms with E-state index in [9.17, 15) is 0 Å². The summed E-state index contributed by atoms with van der Waals surface area (Å²) in [7, 11) is 2.29. The molecule has 4 aliphatic heterocycles. The molecule has 2 saturated carbocycles. The molecule has 3 nitrogen and oxygen atoms in total. The predicted octanol–water partition coefficient (Wildman–Crippen LogP) is 2.94. The molecule has 0 radical (unpaired) electrons. The number of benzene rings is 1. The molecule has 0 N–H and O–H groups in total. The smallest absolute Gasteiger partial charge is 0.0968 e. The van der Waals surface area contributed by atoms with E-state index in [0.717, 1.165) is 19.6 Å². The van der Waals surface area contributed by atoms with Gasteiger partial charge in [0.15, 0.2) is 0 Å². The van der Waals surface area contributed by atoms with E-state index in [2.05, 4.69) is 48.9 Å². The average molecular weight is 306 g/mol. The molecule has 0 aromatic heterocycles. The number of hydrogen-bond acceptors (Lipinski definition) is 3. The first-order valence-corrected chi connectivity index (χ1v) is 8.85. The van der Waals surface area contributed by atoms with Crippen molar-refractivity contribution in [2.24, 2.45) is 22.2 Å². The van der Waals surface area contributed by atoms with Gasteiger partial charge < -0.3 is 9.64 Å². The molecule has 5 bridgehead atoms. The Labute approximate surface area is 137 Å². The first-order chi connectivity index (χ1) is 11.2. The second-order valence-corrected chi connectivity index (χ2v) is 8.18. The van der Waals surface area contributed by atoms with E-state index < -0.39 is 0 Å². The zero-order valence-electron chi connectivity index (χ0n) is 13.5. The molecule has 23 heavy (non-hydrogen) atoms. The van der Waals surface area contributed by atoms with Gasteiger partial charge in [0.05, 0.1) is 29.5 Å². The Morgan fingerprint density at radius 3 is 3.13 bits per heavy atom. The van der Waals surface area contributed by atoms with E-state index in [1.165, 1.54) is 23.4 Å². The normalized spacial score (nSPS) is 48.8. The van der Waals surface area contributed by atoms with Crippen molar-refractivity contribution in [3.63, 3.8) is 0 Å². The van der Waals surface area contributed by atoms with Crippen LogP contribution in [0.4, 0.5) is 5.69 Å². The first kappa shape index (κ1) is 12.9. The number of fused-ring (bicyclic) bond motifs is 4. The standard InChI is InChI=1S/C20H22N2O/c1-3-19-11-22(2)16-9-20(19)13-6-4-5-7-15(13)21-18(20)17-8-14(19)12(16)10-23-17/h3-7,12,14,16-17H,1,8-11H2,2H3/t12-,14+,16-,17+,19-,20?/m0/s1. The van der Waals surface area contributed by atoms with Crippen molar-refractivity contribution in [3.05, 3.63) is 42.5 Å². The molecule has 7 rings (SSSR count). The van der Waals surface area contributed by atoms with E-state index in [0.29, 0.717) is 17.9 Å². The fraction of sp³-hybridized carbons (Fsp3) is 0.550. The number of para-hydroxylation sites is 1. The van der Waals surface area contributed by atoms with Gasteiger partial charge in [0.1, 0.15) is 0 Å². The SMILES string of the molecule is C=C[C@@]12CN(C)[C@H]3CC14C(=Nc1ccccc14)[C@H]1C[C@@H]2[C@@H]3CO1. The molecule has 3 saturated heterocycles. The van der Waals surface area contributed by atoms with Gasteiger partial charge >= 0.3 is 0 Å². The fourth-order valence-electron chi connectivity index (χ4n) is 6.95. The highest BCUT2D eigenvalue weighted by Crippen LogP contribution is 2.70. The summed E-state index contributed by atoms with van der Waals surface area (Å²) in [6, 6.07) is 9.39. The zero-order valence-corrected chi connectivity index (χ0v) is 13.5. The molecular weight excluding hydrogens is 284 g/mol. The molecule has 118 valence electrons. The topological polar surface area (TPSA) is 24.8 Å². The van der Waals surface area contributed by atoms with Crippen LogP contribution in [-0.2, 0) is 10.2 Å². The van der Waals surface area contributed by atoms with Crippen LogP contribution in [0.25, 0.3) is 0 Å². The van der Waals surface area contributed by atoms with Crippen molar-refractivity contribution in [1.82, 2.24) is 4.90 Å². The Morgan fingerprint density at radius 2 is 2.26 bits per heavy atom. The van der Waals surface area contributed by atoms with Crippen LogP contribution in [-0.4, -0.2) is 43.0 Å². The second kappa shape index (κ2) is 3.79. The number of aliphatic imine (C=N–C) groups is 1. The highest BCUT2D eigenvalue weighted by atomic mass is 16.5. The zero-order chi connectivity index (χ0) is 15.4. The Balaban J connectivity index is 1.72. The minimum absolute atomic E-state index is 0.0347. The van der Waals surface area contributed by atoms with Gasteiger partial charge in [-0.1, -0.05) is 24.3 Å². The summed E-state index contributed by atoms with van der Waals surface area (Å²) in [6.07, 6.45) is 4.85. The van der Waals surface area contributed by atoms with E-state index in [1.807, 2.05) is 0 Å². The monoisotopic (exact) mass is 306 g/mol. The predicted molar refractivity (Wildman–Crippen MR) is 90.2 cm³/mol. The van der Waals surface area contributed by atoms with Gasteiger partial charge in [-0.15, -0.1) is 6.58 Å². The van der Waals surface area contributed by atoms with Crippen molar-refractivity contribution in [2.75, 3.05) is 20.2 Å². The second-order valence-electron chi connectivity index (χ2n) is 8.18. The molecule has 4 heterocycles. The van der Waals surface area contributed by atoms with Crippen LogP contribution in [0, 0.1) is 17.3 Å². The van der Waals surface area contributed by atoms with Crippen molar-refractivity contribution >= 4 is 11.4 Å². The lowest BCUT2D eigenvalue weighted by Gasteiger charge is -2.72.